The van der Waals surface area contributed by atoms with Gasteiger partial charge in [-0.1, -0.05) is 30.3 Å². The molecule has 1 N–H and O–H groups in total. The van der Waals surface area contributed by atoms with Crippen molar-refractivity contribution >= 4 is 22.8 Å². The maximum Gasteiger partial charge on any atom is 0.336 e. The summed E-state index contributed by atoms with van der Waals surface area (Å²) in [6.07, 6.45) is 0.173. The van der Waals surface area contributed by atoms with Gasteiger partial charge >= 0.3 is 5.63 Å². The Morgan fingerprint density at radius 3 is 2.61 bits per heavy atom. The fourth-order valence-electron chi connectivity index (χ4n) is 2.75. The number of carboxylic acid groups (broad SMARTS) is 1. The van der Waals surface area contributed by atoms with E-state index >= 15 is 0 Å². The summed E-state index contributed by atoms with van der Waals surface area (Å²) in [6, 6.07) is 16.0. The van der Waals surface area contributed by atoms with Crippen molar-refractivity contribution in [3.63, 3.8) is 0 Å². The predicted molar refractivity (Wildman–Crippen MR) is 101 cm³/mol. The smallest absolute Gasteiger partial charge is 0.336 e. The number of amides is 1. The number of ether oxygens (including phenoxy) is 1. The molecule has 7 nitrogen and oxygen atoms in total. The van der Waals surface area contributed by atoms with E-state index < -0.39 is 11.6 Å². The molecule has 0 radical (unpaired) electrons. The minimum absolute atomic E-state index is 0.116. The van der Waals surface area contributed by atoms with Gasteiger partial charge in [0.1, 0.15) is 11.3 Å². The number of aliphatic carboxylic acids is 1. The Balaban J connectivity index is 1.70. The monoisotopic (exact) mass is 380 g/mol. The second kappa shape index (κ2) is 8.85. The second-order valence-electron chi connectivity index (χ2n) is 6.12. The molecule has 0 bridgehead atoms. The molecule has 0 atom stereocenters. The third kappa shape index (κ3) is 4.97. The van der Waals surface area contributed by atoms with Crippen LogP contribution in [0.15, 0.2) is 63.8 Å². The highest BCUT2D eigenvalue weighted by molar-refractivity contribution is 5.93. The van der Waals surface area contributed by atoms with Crippen molar-refractivity contribution in [3.05, 3.63) is 65.0 Å². The lowest BCUT2D eigenvalue weighted by atomic mass is 10.0. The van der Waals surface area contributed by atoms with Crippen molar-refractivity contribution < 1.29 is 23.8 Å². The summed E-state index contributed by atoms with van der Waals surface area (Å²) in [5.41, 5.74) is 1.53. The van der Waals surface area contributed by atoms with E-state index in [1.807, 2.05) is 30.3 Å². The molecule has 0 fully saturated rings. The van der Waals surface area contributed by atoms with Crippen LogP contribution in [0, 0.1) is 0 Å². The topological polar surface area (TPSA) is 109 Å². The third-order valence-electron chi connectivity index (χ3n) is 4.05. The van der Waals surface area contributed by atoms with Gasteiger partial charge in [-0.05, 0) is 36.1 Å². The number of carbonyl (C=O) groups is 2. The van der Waals surface area contributed by atoms with Gasteiger partial charge in [-0.15, -0.1) is 0 Å². The minimum atomic E-state index is -1.15. The summed E-state index contributed by atoms with van der Waals surface area (Å²) in [5, 5.41) is 13.6. The SMILES string of the molecule is O=C([O-])CCCNC(=O)COc1ccc2c(-c3ccccc3)cc(=O)oc2c1. The Labute approximate surface area is 160 Å². The molecule has 1 amide bonds. The first-order valence-corrected chi connectivity index (χ1v) is 8.75. The van der Waals surface area contributed by atoms with Crippen molar-refractivity contribution in [1.29, 1.82) is 0 Å². The summed E-state index contributed by atoms with van der Waals surface area (Å²) in [7, 11) is 0. The highest BCUT2D eigenvalue weighted by Crippen LogP contribution is 2.29. The first-order chi connectivity index (χ1) is 13.5. The Bertz CT molecular complexity index is 1040. The van der Waals surface area contributed by atoms with Crippen LogP contribution in [0.2, 0.25) is 0 Å². The van der Waals surface area contributed by atoms with Crippen LogP contribution < -0.4 is 20.8 Å². The molecule has 1 aromatic heterocycles. The Morgan fingerprint density at radius 1 is 1.07 bits per heavy atom. The van der Waals surface area contributed by atoms with E-state index in [4.69, 9.17) is 9.15 Å². The summed E-state index contributed by atoms with van der Waals surface area (Å²) in [4.78, 5) is 34.0. The molecule has 0 spiro atoms. The molecular weight excluding hydrogens is 362 g/mol. The zero-order chi connectivity index (χ0) is 19.9. The van der Waals surface area contributed by atoms with E-state index in [1.54, 1.807) is 18.2 Å². The molecule has 0 unspecified atom stereocenters. The minimum Gasteiger partial charge on any atom is -0.550 e. The summed E-state index contributed by atoms with van der Waals surface area (Å²) < 4.78 is 10.7. The number of hydrogen-bond donors (Lipinski definition) is 1. The van der Waals surface area contributed by atoms with Gasteiger partial charge in [0.15, 0.2) is 6.61 Å². The number of benzene rings is 2. The summed E-state index contributed by atoms with van der Waals surface area (Å²) >= 11 is 0. The largest absolute Gasteiger partial charge is 0.550 e. The average Bonchev–Trinajstić information content (AvgIpc) is 2.69. The molecular formula is C21H18NO6-. The normalized spacial score (nSPS) is 10.6. The van der Waals surface area contributed by atoms with E-state index in [1.165, 1.54) is 6.07 Å². The van der Waals surface area contributed by atoms with Gasteiger partial charge in [0, 0.05) is 30.0 Å². The van der Waals surface area contributed by atoms with E-state index in [9.17, 15) is 19.5 Å². The van der Waals surface area contributed by atoms with Crippen LogP contribution in [0.1, 0.15) is 12.8 Å². The highest BCUT2D eigenvalue weighted by atomic mass is 16.5. The maximum atomic E-state index is 11.9. The second-order valence-corrected chi connectivity index (χ2v) is 6.12. The first kappa shape index (κ1) is 19.2. The fourth-order valence-corrected chi connectivity index (χ4v) is 2.75. The Morgan fingerprint density at radius 2 is 1.86 bits per heavy atom. The number of fused-ring (bicyclic) bond motifs is 1. The molecule has 3 aromatic rings. The van der Waals surface area contributed by atoms with Crippen LogP contribution in [-0.4, -0.2) is 25.0 Å². The Kier molecular flexibility index (Phi) is 6.06. The highest BCUT2D eigenvalue weighted by Gasteiger charge is 2.10. The predicted octanol–water partition coefficient (Wildman–Crippen LogP) is 1.49. The number of carboxylic acids is 1. The van der Waals surface area contributed by atoms with Gasteiger partial charge in [0.25, 0.3) is 5.91 Å². The first-order valence-electron chi connectivity index (χ1n) is 8.75. The van der Waals surface area contributed by atoms with Gasteiger partial charge in [0.2, 0.25) is 0 Å². The zero-order valence-corrected chi connectivity index (χ0v) is 15.0. The quantitative estimate of drug-likeness (QED) is 0.468. The van der Waals surface area contributed by atoms with Gasteiger partial charge in [-0.2, -0.15) is 0 Å². The molecule has 144 valence electrons. The van der Waals surface area contributed by atoms with E-state index in [0.29, 0.717) is 11.3 Å². The molecule has 0 saturated carbocycles. The van der Waals surface area contributed by atoms with Gasteiger partial charge < -0.3 is 24.4 Å². The standard InChI is InChI=1S/C21H19NO6/c23-19(22-10-4-7-20(24)25)13-27-15-8-9-16-17(14-5-2-1-3-6-14)12-21(26)28-18(16)11-15/h1-3,5-6,8-9,11-12H,4,7,10,13H2,(H,22,23)(H,24,25)/p-1. The van der Waals surface area contributed by atoms with Crippen LogP contribution in [0.25, 0.3) is 22.1 Å². The van der Waals surface area contributed by atoms with Crippen molar-refractivity contribution in [3.8, 4) is 16.9 Å². The van der Waals surface area contributed by atoms with Gasteiger partial charge in [-0.25, -0.2) is 4.79 Å². The molecule has 2 aromatic carbocycles. The molecule has 0 aliphatic heterocycles. The fraction of sp³-hybridized carbons (Fsp3) is 0.190. The van der Waals surface area contributed by atoms with Crippen molar-refractivity contribution in [1.82, 2.24) is 5.32 Å². The molecule has 0 saturated heterocycles. The molecule has 0 aliphatic rings. The number of carbonyl (C=O) groups excluding carboxylic acids is 2. The lowest BCUT2D eigenvalue weighted by Gasteiger charge is -2.10. The average molecular weight is 380 g/mol. The maximum absolute atomic E-state index is 11.9. The lowest BCUT2D eigenvalue weighted by Crippen LogP contribution is -2.31. The van der Waals surface area contributed by atoms with E-state index in [-0.39, 0.29) is 31.9 Å². The third-order valence-corrected chi connectivity index (χ3v) is 4.05. The Hall–Kier alpha value is -3.61. The van der Waals surface area contributed by atoms with Crippen LogP contribution in [0.3, 0.4) is 0 Å². The summed E-state index contributed by atoms with van der Waals surface area (Å²) in [5.74, 6) is -1.15. The van der Waals surface area contributed by atoms with Crippen molar-refractivity contribution in [2.45, 2.75) is 12.8 Å². The summed E-state index contributed by atoms with van der Waals surface area (Å²) in [6.45, 7) is -0.0113. The molecule has 0 aliphatic carbocycles. The van der Waals surface area contributed by atoms with Crippen LogP contribution in [0.4, 0.5) is 0 Å². The van der Waals surface area contributed by atoms with Crippen molar-refractivity contribution in [2.75, 3.05) is 13.2 Å². The zero-order valence-electron chi connectivity index (χ0n) is 15.0. The van der Waals surface area contributed by atoms with Crippen LogP contribution >= 0.6 is 0 Å². The van der Waals surface area contributed by atoms with Crippen LogP contribution in [0.5, 0.6) is 5.75 Å². The molecule has 28 heavy (non-hydrogen) atoms. The van der Waals surface area contributed by atoms with Gasteiger partial charge in [0.05, 0.1) is 0 Å². The van der Waals surface area contributed by atoms with E-state index in [2.05, 4.69) is 5.32 Å². The number of hydrogen-bond acceptors (Lipinski definition) is 6. The van der Waals surface area contributed by atoms with Crippen LogP contribution in [-0.2, 0) is 9.59 Å². The van der Waals surface area contributed by atoms with Gasteiger partial charge in [-0.3, -0.25) is 4.79 Å². The molecule has 1 heterocycles. The molecule has 3 rings (SSSR count). The molecule has 7 heteroatoms. The number of rotatable bonds is 8. The lowest BCUT2D eigenvalue weighted by molar-refractivity contribution is -0.305. The number of nitrogens with one attached hydrogen (secondary N) is 1. The van der Waals surface area contributed by atoms with Crippen molar-refractivity contribution in [2.24, 2.45) is 0 Å². The van der Waals surface area contributed by atoms with E-state index in [0.717, 1.165) is 16.5 Å².